The zero-order chi connectivity index (χ0) is 15.5. The summed E-state index contributed by atoms with van der Waals surface area (Å²) in [7, 11) is 3.42. The van der Waals surface area contributed by atoms with Crippen LogP contribution in [0, 0.1) is 0 Å². The SMILES string of the molecule is COC1CN(c2ncc(CNC(C)(C)C)cn2)CC1OC. The Morgan fingerprint density at radius 3 is 2.10 bits per heavy atom. The van der Waals surface area contributed by atoms with Crippen molar-refractivity contribution in [2.45, 2.75) is 45.1 Å². The molecule has 0 bridgehead atoms. The number of methoxy groups -OCH3 is 2. The van der Waals surface area contributed by atoms with E-state index in [1.165, 1.54) is 0 Å². The van der Waals surface area contributed by atoms with Gasteiger partial charge in [0.05, 0.1) is 0 Å². The molecule has 1 fully saturated rings. The van der Waals surface area contributed by atoms with E-state index in [1.54, 1.807) is 14.2 Å². The summed E-state index contributed by atoms with van der Waals surface area (Å²) in [4.78, 5) is 11.0. The summed E-state index contributed by atoms with van der Waals surface area (Å²) in [6.45, 7) is 8.71. The Balaban J connectivity index is 1.96. The molecule has 1 aliphatic heterocycles. The van der Waals surface area contributed by atoms with Gasteiger partial charge in [-0.3, -0.25) is 0 Å². The summed E-state index contributed by atoms with van der Waals surface area (Å²) < 4.78 is 10.9. The highest BCUT2D eigenvalue weighted by Gasteiger charge is 2.34. The number of nitrogens with zero attached hydrogens (tertiary/aromatic N) is 3. The fraction of sp³-hybridized carbons (Fsp3) is 0.733. The number of nitrogens with one attached hydrogen (secondary N) is 1. The van der Waals surface area contributed by atoms with Gasteiger partial charge in [-0.25, -0.2) is 9.97 Å². The number of hydrogen-bond acceptors (Lipinski definition) is 6. The molecule has 1 aromatic heterocycles. The van der Waals surface area contributed by atoms with Gasteiger partial charge in [-0.05, 0) is 20.8 Å². The van der Waals surface area contributed by atoms with Crippen molar-refractivity contribution in [2.75, 3.05) is 32.2 Å². The Morgan fingerprint density at radius 1 is 1.14 bits per heavy atom. The van der Waals surface area contributed by atoms with Crippen LogP contribution in [-0.4, -0.2) is 55.0 Å². The fourth-order valence-corrected chi connectivity index (χ4v) is 2.33. The standard InChI is InChI=1S/C15H26N4O2/c1-15(2,3)18-8-11-6-16-14(17-7-11)19-9-12(20-4)13(10-19)21-5/h6-7,12-13,18H,8-10H2,1-5H3. The molecule has 2 heterocycles. The molecule has 0 spiro atoms. The molecule has 1 aliphatic rings. The predicted molar refractivity (Wildman–Crippen MR) is 82.4 cm³/mol. The van der Waals surface area contributed by atoms with Crippen molar-refractivity contribution in [1.29, 1.82) is 0 Å². The molecule has 0 aromatic carbocycles. The highest BCUT2D eigenvalue weighted by Crippen LogP contribution is 2.20. The van der Waals surface area contributed by atoms with E-state index in [4.69, 9.17) is 9.47 Å². The van der Waals surface area contributed by atoms with Crippen molar-refractivity contribution in [3.05, 3.63) is 18.0 Å². The van der Waals surface area contributed by atoms with E-state index >= 15 is 0 Å². The van der Waals surface area contributed by atoms with Crippen molar-refractivity contribution >= 4 is 5.95 Å². The van der Waals surface area contributed by atoms with Crippen LogP contribution < -0.4 is 10.2 Å². The van der Waals surface area contributed by atoms with Crippen LogP contribution in [0.2, 0.25) is 0 Å². The van der Waals surface area contributed by atoms with Crippen molar-refractivity contribution in [3.8, 4) is 0 Å². The number of anilines is 1. The van der Waals surface area contributed by atoms with Crippen molar-refractivity contribution in [2.24, 2.45) is 0 Å². The topological polar surface area (TPSA) is 59.5 Å². The van der Waals surface area contributed by atoms with Gasteiger partial charge in [0.25, 0.3) is 0 Å². The first-order valence-electron chi connectivity index (χ1n) is 7.29. The van der Waals surface area contributed by atoms with Crippen LogP contribution in [0.4, 0.5) is 5.95 Å². The molecule has 118 valence electrons. The minimum absolute atomic E-state index is 0.0702. The normalized spacial score (nSPS) is 22.8. The van der Waals surface area contributed by atoms with Crippen LogP contribution in [0.5, 0.6) is 0 Å². The number of rotatable bonds is 5. The van der Waals surface area contributed by atoms with Gasteiger partial charge >= 0.3 is 0 Å². The third-order valence-electron chi connectivity index (χ3n) is 3.62. The van der Waals surface area contributed by atoms with Gasteiger partial charge in [-0.1, -0.05) is 0 Å². The van der Waals surface area contributed by atoms with Gasteiger partial charge in [0, 0.05) is 57.3 Å². The number of hydrogen-bond donors (Lipinski definition) is 1. The lowest BCUT2D eigenvalue weighted by Crippen LogP contribution is -2.35. The maximum atomic E-state index is 5.43. The third kappa shape index (κ3) is 4.36. The van der Waals surface area contributed by atoms with E-state index in [-0.39, 0.29) is 17.7 Å². The molecule has 0 radical (unpaired) electrons. The van der Waals surface area contributed by atoms with E-state index in [1.807, 2.05) is 12.4 Å². The van der Waals surface area contributed by atoms with Crippen molar-refractivity contribution in [1.82, 2.24) is 15.3 Å². The molecular weight excluding hydrogens is 268 g/mol. The van der Waals surface area contributed by atoms with Crippen LogP contribution in [0.15, 0.2) is 12.4 Å². The second kappa shape index (κ2) is 6.68. The largest absolute Gasteiger partial charge is 0.377 e. The van der Waals surface area contributed by atoms with Gasteiger partial charge in [0.15, 0.2) is 0 Å². The van der Waals surface area contributed by atoms with Crippen LogP contribution in [0.1, 0.15) is 26.3 Å². The summed E-state index contributed by atoms with van der Waals surface area (Å²) in [6, 6.07) is 0. The summed E-state index contributed by atoms with van der Waals surface area (Å²) in [5, 5.41) is 3.43. The second-order valence-electron chi connectivity index (χ2n) is 6.45. The predicted octanol–water partition coefficient (Wildman–Crippen LogP) is 1.21. The van der Waals surface area contributed by atoms with Crippen LogP contribution in [0.3, 0.4) is 0 Å². The molecule has 2 unspecified atom stereocenters. The number of aromatic nitrogens is 2. The smallest absolute Gasteiger partial charge is 0.225 e. The Hall–Kier alpha value is -1.24. The van der Waals surface area contributed by atoms with Crippen LogP contribution in [-0.2, 0) is 16.0 Å². The van der Waals surface area contributed by atoms with E-state index < -0.39 is 0 Å². The van der Waals surface area contributed by atoms with Gasteiger partial charge in [-0.15, -0.1) is 0 Å². The molecule has 0 saturated carbocycles. The highest BCUT2D eigenvalue weighted by atomic mass is 16.5. The van der Waals surface area contributed by atoms with E-state index in [2.05, 4.69) is 41.0 Å². The Morgan fingerprint density at radius 2 is 1.67 bits per heavy atom. The Kier molecular flexibility index (Phi) is 5.13. The average Bonchev–Trinajstić information content (AvgIpc) is 2.88. The first kappa shape index (κ1) is 16.1. The zero-order valence-electron chi connectivity index (χ0n) is 13.6. The molecule has 6 nitrogen and oxygen atoms in total. The summed E-state index contributed by atoms with van der Waals surface area (Å²) in [5.74, 6) is 0.733. The van der Waals surface area contributed by atoms with E-state index in [0.29, 0.717) is 0 Å². The molecule has 0 aliphatic carbocycles. The Bertz CT molecular complexity index is 432. The van der Waals surface area contributed by atoms with Crippen LogP contribution >= 0.6 is 0 Å². The van der Waals surface area contributed by atoms with Gasteiger partial charge in [-0.2, -0.15) is 0 Å². The molecule has 21 heavy (non-hydrogen) atoms. The quantitative estimate of drug-likeness (QED) is 0.881. The lowest BCUT2D eigenvalue weighted by atomic mass is 10.1. The van der Waals surface area contributed by atoms with Crippen molar-refractivity contribution in [3.63, 3.8) is 0 Å². The third-order valence-corrected chi connectivity index (χ3v) is 3.62. The number of ether oxygens (including phenoxy) is 2. The van der Waals surface area contributed by atoms with Crippen LogP contribution in [0.25, 0.3) is 0 Å². The lowest BCUT2D eigenvalue weighted by Gasteiger charge is -2.20. The maximum Gasteiger partial charge on any atom is 0.225 e. The zero-order valence-corrected chi connectivity index (χ0v) is 13.6. The van der Waals surface area contributed by atoms with Crippen molar-refractivity contribution < 1.29 is 9.47 Å². The molecule has 0 amide bonds. The lowest BCUT2D eigenvalue weighted by molar-refractivity contribution is -0.00461. The van der Waals surface area contributed by atoms with Gasteiger partial charge in [0.2, 0.25) is 5.95 Å². The molecule has 2 atom stereocenters. The molecule has 1 N–H and O–H groups in total. The van der Waals surface area contributed by atoms with E-state index in [0.717, 1.165) is 31.1 Å². The monoisotopic (exact) mass is 294 g/mol. The van der Waals surface area contributed by atoms with E-state index in [9.17, 15) is 0 Å². The minimum atomic E-state index is 0.0702. The minimum Gasteiger partial charge on any atom is -0.377 e. The first-order valence-corrected chi connectivity index (χ1v) is 7.29. The molecule has 2 rings (SSSR count). The molecule has 6 heteroatoms. The fourth-order valence-electron chi connectivity index (χ4n) is 2.33. The highest BCUT2D eigenvalue weighted by molar-refractivity contribution is 5.33. The average molecular weight is 294 g/mol. The maximum absolute atomic E-state index is 5.43. The first-order chi connectivity index (χ1) is 9.93. The second-order valence-corrected chi connectivity index (χ2v) is 6.45. The summed E-state index contributed by atoms with van der Waals surface area (Å²) >= 11 is 0. The van der Waals surface area contributed by atoms with Gasteiger partial charge in [0.1, 0.15) is 12.2 Å². The summed E-state index contributed by atoms with van der Waals surface area (Å²) in [5.41, 5.74) is 1.17. The molecule has 1 aromatic rings. The summed E-state index contributed by atoms with van der Waals surface area (Å²) in [6.07, 6.45) is 3.90. The van der Waals surface area contributed by atoms with Gasteiger partial charge < -0.3 is 19.7 Å². The molecular formula is C15H26N4O2. The molecule has 1 saturated heterocycles. The Labute approximate surface area is 126 Å².